The molecule has 0 saturated carbocycles. The predicted molar refractivity (Wildman–Crippen MR) is 131 cm³/mol. The highest BCUT2D eigenvalue weighted by Crippen LogP contribution is 2.41. The molecular weight excluding hydrogens is 434 g/mol. The molecule has 1 saturated heterocycles. The Morgan fingerprint density at radius 2 is 1.58 bits per heavy atom. The summed E-state index contributed by atoms with van der Waals surface area (Å²) in [5.41, 5.74) is 2.02. The van der Waals surface area contributed by atoms with Gasteiger partial charge in [-0.1, -0.05) is 6.42 Å². The number of hydrogen-bond acceptors (Lipinski definition) is 6. The maximum Gasteiger partial charge on any atom is 0.195 e. The molecule has 0 amide bonds. The number of phenolic OH excluding ortho intramolecular Hbond substituents is 2. The van der Waals surface area contributed by atoms with Gasteiger partial charge in [0, 0.05) is 39.2 Å². The number of fused-ring (bicyclic) bond motifs is 1. The van der Waals surface area contributed by atoms with Gasteiger partial charge in [-0.25, -0.2) is 0 Å². The number of benzene rings is 3. The average molecular weight is 460 g/mol. The first-order valence-electron chi connectivity index (χ1n) is 11.1. The molecule has 5 nitrogen and oxygen atoms in total. The van der Waals surface area contributed by atoms with Crippen molar-refractivity contribution in [3.8, 4) is 27.7 Å². The fraction of sp³-hybridized carbons (Fsp3) is 0.222. The van der Waals surface area contributed by atoms with E-state index >= 15 is 0 Å². The lowest BCUT2D eigenvalue weighted by molar-refractivity contribution is 0.103. The Labute approximate surface area is 196 Å². The number of ether oxygens (including phenoxy) is 1. The van der Waals surface area contributed by atoms with Crippen molar-refractivity contribution in [2.75, 3.05) is 19.8 Å². The molecule has 1 aliphatic rings. The number of ketones is 1. The first-order chi connectivity index (χ1) is 16.1. The monoisotopic (exact) mass is 459 g/mol. The van der Waals surface area contributed by atoms with Crippen LogP contribution in [0.1, 0.15) is 35.2 Å². The summed E-state index contributed by atoms with van der Waals surface area (Å²) in [6, 6.07) is 19.2. The summed E-state index contributed by atoms with van der Waals surface area (Å²) in [7, 11) is 0. The van der Waals surface area contributed by atoms with Crippen molar-refractivity contribution in [2.24, 2.45) is 0 Å². The number of hydrogen-bond donors (Lipinski definition) is 2. The minimum Gasteiger partial charge on any atom is -0.508 e. The summed E-state index contributed by atoms with van der Waals surface area (Å²) in [5, 5.41) is 20.4. The number of carbonyl (C=O) groups excluding carboxylic acids is 1. The van der Waals surface area contributed by atoms with Crippen LogP contribution in [0.4, 0.5) is 0 Å². The quantitative estimate of drug-likeness (QED) is 0.344. The van der Waals surface area contributed by atoms with Gasteiger partial charge in [0.15, 0.2) is 5.78 Å². The standard InChI is InChI=1S/C27H25NO4S/c29-20-8-4-19(5-9-20)27-25(23-13-10-21(30)16-24(23)33-27)26(31)18-6-11-22(12-7-18)32-17-28-14-2-1-3-15-28/h4-13,16,29-30H,1-3,14-15,17H2. The van der Waals surface area contributed by atoms with Crippen LogP contribution in [0.5, 0.6) is 17.2 Å². The summed E-state index contributed by atoms with van der Waals surface area (Å²) in [6.45, 7) is 2.70. The van der Waals surface area contributed by atoms with Crippen molar-refractivity contribution in [3.63, 3.8) is 0 Å². The van der Waals surface area contributed by atoms with E-state index < -0.39 is 0 Å². The molecule has 1 fully saturated rings. The molecule has 2 N–H and O–H groups in total. The molecule has 4 aromatic rings. The maximum atomic E-state index is 13.6. The second kappa shape index (κ2) is 9.25. The summed E-state index contributed by atoms with van der Waals surface area (Å²) < 4.78 is 6.76. The van der Waals surface area contributed by atoms with Crippen molar-refractivity contribution in [1.29, 1.82) is 0 Å². The Morgan fingerprint density at radius 3 is 2.30 bits per heavy atom. The molecule has 2 heterocycles. The topological polar surface area (TPSA) is 70.0 Å². The van der Waals surface area contributed by atoms with Crippen LogP contribution in [0.2, 0.25) is 0 Å². The predicted octanol–water partition coefficient (Wildman–Crippen LogP) is 6.03. The number of thiophene rings is 1. The highest BCUT2D eigenvalue weighted by Gasteiger charge is 2.22. The Bertz CT molecular complexity index is 1270. The van der Waals surface area contributed by atoms with Crippen LogP contribution in [0, 0.1) is 0 Å². The zero-order chi connectivity index (χ0) is 22.8. The number of piperidine rings is 1. The third-order valence-electron chi connectivity index (χ3n) is 6.01. The molecule has 1 aliphatic heterocycles. The van der Waals surface area contributed by atoms with E-state index in [0.717, 1.165) is 39.4 Å². The summed E-state index contributed by atoms with van der Waals surface area (Å²) in [5.74, 6) is 0.995. The summed E-state index contributed by atoms with van der Waals surface area (Å²) >= 11 is 1.45. The first-order valence-corrected chi connectivity index (χ1v) is 11.9. The molecule has 0 bridgehead atoms. The van der Waals surface area contributed by atoms with E-state index in [0.29, 0.717) is 17.9 Å². The van der Waals surface area contributed by atoms with E-state index in [4.69, 9.17) is 4.74 Å². The van der Waals surface area contributed by atoms with Crippen LogP contribution in [-0.2, 0) is 0 Å². The van der Waals surface area contributed by atoms with Gasteiger partial charge in [-0.3, -0.25) is 9.69 Å². The van der Waals surface area contributed by atoms with Crippen LogP contribution in [0.3, 0.4) is 0 Å². The van der Waals surface area contributed by atoms with E-state index in [1.165, 1.54) is 30.6 Å². The molecule has 1 aromatic heterocycles. The second-order valence-corrected chi connectivity index (χ2v) is 9.39. The van der Waals surface area contributed by atoms with E-state index in [2.05, 4.69) is 4.90 Å². The number of rotatable bonds is 6. The Morgan fingerprint density at radius 1 is 0.879 bits per heavy atom. The third kappa shape index (κ3) is 4.58. The van der Waals surface area contributed by atoms with E-state index in [9.17, 15) is 15.0 Å². The number of carbonyl (C=O) groups is 1. The molecule has 0 unspecified atom stereocenters. The molecule has 0 atom stereocenters. The molecule has 33 heavy (non-hydrogen) atoms. The molecule has 0 radical (unpaired) electrons. The molecule has 168 valence electrons. The van der Waals surface area contributed by atoms with Crippen LogP contribution < -0.4 is 4.74 Å². The number of aromatic hydroxyl groups is 2. The molecule has 0 spiro atoms. The molecule has 0 aliphatic carbocycles. The minimum atomic E-state index is -0.0856. The van der Waals surface area contributed by atoms with Gasteiger partial charge in [0.2, 0.25) is 0 Å². The second-order valence-electron chi connectivity index (χ2n) is 8.34. The van der Waals surface area contributed by atoms with Crippen LogP contribution >= 0.6 is 11.3 Å². The fourth-order valence-corrected chi connectivity index (χ4v) is 5.47. The summed E-state index contributed by atoms with van der Waals surface area (Å²) in [6.07, 6.45) is 3.72. The first kappa shape index (κ1) is 21.5. The number of phenols is 2. The van der Waals surface area contributed by atoms with Crippen LogP contribution in [0.25, 0.3) is 20.5 Å². The van der Waals surface area contributed by atoms with E-state index in [1.807, 2.05) is 12.1 Å². The van der Waals surface area contributed by atoms with Gasteiger partial charge in [-0.15, -0.1) is 11.3 Å². The van der Waals surface area contributed by atoms with Gasteiger partial charge in [0.05, 0.1) is 0 Å². The van der Waals surface area contributed by atoms with E-state index in [-0.39, 0.29) is 17.3 Å². The highest BCUT2D eigenvalue weighted by molar-refractivity contribution is 7.22. The van der Waals surface area contributed by atoms with Crippen molar-refractivity contribution < 1.29 is 19.7 Å². The van der Waals surface area contributed by atoms with Gasteiger partial charge < -0.3 is 14.9 Å². The van der Waals surface area contributed by atoms with Crippen LogP contribution in [-0.4, -0.2) is 40.7 Å². The number of nitrogens with zero attached hydrogens (tertiary/aromatic N) is 1. The SMILES string of the molecule is O=C(c1ccc(OCN2CCCCC2)cc1)c1c(-c2ccc(O)cc2)sc2cc(O)ccc12. The van der Waals surface area contributed by atoms with Crippen molar-refractivity contribution >= 4 is 27.2 Å². The fourth-order valence-electron chi connectivity index (χ4n) is 4.23. The molecule has 5 rings (SSSR count). The smallest absolute Gasteiger partial charge is 0.195 e. The largest absolute Gasteiger partial charge is 0.508 e. The minimum absolute atomic E-state index is 0.0856. The van der Waals surface area contributed by atoms with Crippen molar-refractivity contribution in [1.82, 2.24) is 4.90 Å². The zero-order valence-corrected chi connectivity index (χ0v) is 19.0. The third-order valence-corrected chi connectivity index (χ3v) is 7.21. The average Bonchev–Trinajstić information content (AvgIpc) is 3.22. The van der Waals surface area contributed by atoms with Crippen molar-refractivity contribution in [2.45, 2.75) is 19.3 Å². The van der Waals surface area contributed by atoms with Gasteiger partial charge in [-0.05, 0) is 85.1 Å². The molecular formula is C27H25NO4S. The van der Waals surface area contributed by atoms with Gasteiger partial charge in [0.1, 0.15) is 24.0 Å². The van der Waals surface area contributed by atoms with Gasteiger partial charge in [-0.2, -0.15) is 0 Å². The normalized spacial score (nSPS) is 14.4. The van der Waals surface area contributed by atoms with Crippen LogP contribution in [0.15, 0.2) is 66.7 Å². The van der Waals surface area contributed by atoms with Crippen molar-refractivity contribution in [3.05, 3.63) is 77.9 Å². The Balaban J connectivity index is 1.45. The van der Waals surface area contributed by atoms with E-state index in [1.54, 1.807) is 54.6 Å². The molecule has 3 aromatic carbocycles. The lowest BCUT2D eigenvalue weighted by Crippen LogP contribution is -2.33. The highest BCUT2D eigenvalue weighted by atomic mass is 32.1. The molecule has 6 heteroatoms. The Hall–Kier alpha value is -3.35. The lowest BCUT2D eigenvalue weighted by atomic mass is 9.97. The zero-order valence-electron chi connectivity index (χ0n) is 18.2. The maximum absolute atomic E-state index is 13.6. The van der Waals surface area contributed by atoms with Gasteiger partial charge >= 0.3 is 0 Å². The Kier molecular flexibility index (Phi) is 6.03. The summed E-state index contributed by atoms with van der Waals surface area (Å²) in [4.78, 5) is 16.7. The lowest BCUT2D eigenvalue weighted by Gasteiger charge is -2.26. The number of likely N-dealkylation sites (tertiary alicyclic amines) is 1. The van der Waals surface area contributed by atoms with Gasteiger partial charge in [0.25, 0.3) is 0 Å².